The largest absolute Gasteiger partial charge is 0.477 e. The summed E-state index contributed by atoms with van der Waals surface area (Å²) in [6.07, 6.45) is -88.3. The molecular weight excluding hydrogens is 1550 g/mol. The van der Waals surface area contributed by atoms with Crippen LogP contribution >= 0.6 is 0 Å². The van der Waals surface area contributed by atoms with Crippen molar-refractivity contribution in [3.8, 4) is 0 Å². The van der Waals surface area contributed by atoms with Crippen LogP contribution in [0.4, 0.5) is 0 Å². The predicted octanol–water partition coefficient (Wildman–Crippen LogP) is -19.3. The molecule has 8 rings (SSSR count). The van der Waals surface area contributed by atoms with Crippen molar-refractivity contribution in [2.75, 3.05) is 52.9 Å². The summed E-state index contributed by atoms with van der Waals surface area (Å²) in [5.74, 6) is -7.98. The average Bonchev–Trinajstić information content (AvgIpc) is 0.766. The number of carbonyl (C=O) groups excluding carboxylic acids is 3. The Morgan fingerprint density at radius 1 is 0.398 bits per heavy atom. The molecule has 0 unspecified atom stereocenters. The van der Waals surface area contributed by atoms with E-state index in [0.717, 1.165) is 20.8 Å². The SMILES string of the molecule is CC(=O)N[C@H]1[C@H](OC[C@H]2O[C@@H](O[C@@H]([C@H](O)[C@@H](O)CO)[C@H](O)CO)[C@H](O)[C@@H](O[C@@H]3O[C@H](CO)[C@@H](O[C@@H]4O[C@@H](C)[C@@H](O)[C@@H](O)[C@@H]4O)[C@H](O[C@@H]4O[C@H](CO)[C@H](O)[C@H](O)[C@H]4O[C@@H]4O[C@@H](C)[C@@H](O)[C@@H](O)[C@@H]4O)[C@H]3NC(C)=O)[C@H]2O)O[C@H](CO)[C@@H](O[C@@H]2O[C@H](CO[C@]3(C(=O)O)C[C@H](O)[C@@H](NC(C)=O)[C@H]([C@H](O)[C@H](O)CO)O3)[C@H](O)[C@H](O)[C@H]2O)[C@@H]1O. The van der Waals surface area contributed by atoms with Crippen LogP contribution in [0.25, 0.3) is 0 Å². The van der Waals surface area contributed by atoms with Gasteiger partial charge < -0.3 is 230 Å². The first-order chi connectivity index (χ1) is 53.1. The number of amides is 3. The van der Waals surface area contributed by atoms with Gasteiger partial charge in [0.2, 0.25) is 17.7 Å². The number of ether oxygens (including phenoxy) is 16. The third kappa shape index (κ3) is 21.3. The zero-order valence-corrected chi connectivity index (χ0v) is 61.0. The molecule has 3 amide bonds. The number of aliphatic hydroxyl groups is 26. The van der Waals surface area contributed by atoms with E-state index in [1.165, 1.54) is 13.8 Å². The van der Waals surface area contributed by atoms with Crippen molar-refractivity contribution in [2.45, 2.75) is 317 Å². The maximum absolute atomic E-state index is 13.6. The van der Waals surface area contributed by atoms with Gasteiger partial charge in [0.15, 0.2) is 44.0 Å². The van der Waals surface area contributed by atoms with Crippen molar-refractivity contribution in [2.24, 2.45) is 0 Å². The van der Waals surface area contributed by atoms with Crippen LogP contribution in [0.1, 0.15) is 41.0 Å². The van der Waals surface area contributed by atoms with E-state index in [2.05, 4.69) is 16.0 Å². The van der Waals surface area contributed by atoms with Crippen molar-refractivity contribution in [3.63, 3.8) is 0 Å². The monoisotopic (exact) mass is 1660 g/mol. The summed E-state index contributed by atoms with van der Waals surface area (Å²) in [5.41, 5.74) is 0. The third-order valence-corrected chi connectivity index (χ3v) is 20.5. The van der Waals surface area contributed by atoms with Crippen LogP contribution in [0.3, 0.4) is 0 Å². The summed E-state index contributed by atoms with van der Waals surface area (Å²) < 4.78 is 94.9. The molecule has 0 saturated carbocycles. The lowest BCUT2D eigenvalue weighted by molar-refractivity contribution is -0.399. The molecule has 0 aromatic rings. The molecule has 0 aromatic carbocycles. The molecule has 656 valence electrons. The third-order valence-electron chi connectivity index (χ3n) is 20.5. The van der Waals surface area contributed by atoms with Gasteiger partial charge in [-0.3, -0.25) is 14.4 Å². The van der Waals surface area contributed by atoms with Gasteiger partial charge in [-0.05, 0) is 13.8 Å². The van der Waals surface area contributed by atoms with Gasteiger partial charge >= 0.3 is 5.97 Å². The molecule has 0 aromatic heterocycles. The minimum Gasteiger partial charge on any atom is -0.477 e. The molecule has 8 fully saturated rings. The Labute approximate surface area is 640 Å². The molecule has 45 atom stereocenters. The highest BCUT2D eigenvalue weighted by Crippen LogP contribution is 2.41. The molecule has 8 heterocycles. The van der Waals surface area contributed by atoms with Gasteiger partial charge in [-0.1, -0.05) is 0 Å². The highest BCUT2D eigenvalue weighted by atomic mass is 16.8. The Bertz CT molecular complexity index is 2990. The standard InChI is InChI=1S/C63H107N3O47/c1-15-32(80)40(88)44(92)57(100-15)109-50-26(12-72)104-56(31(66-19(5)75)52(50)110-61-54(43(91)36(84)24(10-70)102-61)112-58-45(93)41(89)33(81)16(2)101-58)111-53-38(86)27(105-60(47(53)95)107-48(23(79)9-69)34(82)21(77)7-67)13-98-55-30(65-18(4)74)39(87)49(25(11-71)103-55)108-59-46(94)42(90)37(85)28(106-59)14-99-63(62(96)97)6-20(76)29(64-17(3)73)51(113-63)35(83)22(78)8-68/h15-16,20-61,67-72,76-95H,6-14H2,1-5H3,(H,64,73)(H,65,74)(H,66,75)(H,96,97)/t15-,16-,20-,21-,22+,23+,24+,25+,26+,27+,28+,29+,30+,31+,32+,33+,34+,35+,36-,37-,38-,39+,40+,41+,42-,43-,44-,45-,46+,47+,48+,49+,50+,51+,52+,53-,54+,55+,56-,57-,58-,59-,60-,61-,63+/m0/s1. The number of carboxylic acids is 1. The molecule has 50 nitrogen and oxygen atoms in total. The van der Waals surface area contributed by atoms with Crippen LogP contribution in [-0.2, 0) is 95.0 Å². The predicted molar refractivity (Wildman–Crippen MR) is 348 cm³/mol. The lowest BCUT2D eigenvalue weighted by Crippen LogP contribution is -2.71. The molecule has 0 aliphatic carbocycles. The van der Waals surface area contributed by atoms with Gasteiger partial charge in [-0.15, -0.1) is 0 Å². The maximum Gasteiger partial charge on any atom is 0.364 e. The molecule has 0 spiro atoms. The van der Waals surface area contributed by atoms with E-state index >= 15 is 0 Å². The summed E-state index contributed by atoms with van der Waals surface area (Å²) >= 11 is 0. The Balaban J connectivity index is 1.11. The fraction of sp³-hybridized carbons (Fsp3) is 0.937. The maximum atomic E-state index is 13.6. The number of nitrogens with one attached hydrogen (secondary N) is 3. The molecule has 30 N–H and O–H groups in total. The van der Waals surface area contributed by atoms with Crippen LogP contribution in [0.2, 0.25) is 0 Å². The van der Waals surface area contributed by atoms with Gasteiger partial charge in [-0.25, -0.2) is 4.79 Å². The van der Waals surface area contributed by atoms with E-state index in [1.807, 2.05) is 0 Å². The van der Waals surface area contributed by atoms with E-state index in [1.54, 1.807) is 0 Å². The van der Waals surface area contributed by atoms with Crippen LogP contribution in [0.15, 0.2) is 0 Å². The molecule has 8 aliphatic rings. The smallest absolute Gasteiger partial charge is 0.364 e. The molecular formula is C63H107N3O47. The van der Waals surface area contributed by atoms with Gasteiger partial charge in [0.05, 0.1) is 77.2 Å². The molecule has 50 heteroatoms. The van der Waals surface area contributed by atoms with Crippen molar-refractivity contribution in [1.29, 1.82) is 0 Å². The van der Waals surface area contributed by atoms with Crippen molar-refractivity contribution in [3.05, 3.63) is 0 Å². The lowest BCUT2D eigenvalue weighted by Gasteiger charge is -2.52. The first-order valence-corrected chi connectivity index (χ1v) is 35.9. The number of aliphatic carboxylic acids is 1. The van der Waals surface area contributed by atoms with Crippen LogP contribution in [0, 0.1) is 0 Å². The van der Waals surface area contributed by atoms with Gasteiger partial charge in [0, 0.05) is 27.2 Å². The Morgan fingerprint density at radius 2 is 0.832 bits per heavy atom. The van der Waals surface area contributed by atoms with Crippen molar-refractivity contribution in [1.82, 2.24) is 16.0 Å². The summed E-state index contributed by atoms with van der Waals surface area (Å²) in [4.78, 5) is 51.7. The van der Waals surface area contributed by atoms with E-state index in [-0.39, 0.29) is 0 Å². The van der Waals surface area contributed by atoms with E-state index < -0.39 is 358 Å². The molecule has 8 saturated heterocycles. The summed E-state index contributed by atoms with van der Waals surface area (Å²) in [5, 5.41) is 303. The topological polar surface area (TPSA) is 798 Å². The zero-order valence-electron chi connectivity index (χ0n) is 61.0. The lowest BCUT2D eigenvalue weighted by atomic mass is 9.88. The first kappa shape index (κ1) is 94.7. The summed E-state index contributed by atoms with van der Waals surface area (Å²) in [7, 11) is 0. The number of carbonyl (C=O) groups is 4. The molecule has 113 heavy (non-hydrogen) atoms. The second-order valence-electron chi connectivity index (χ2n) is 28.6. The van der Waals surface area contributed by atoms with Crippen molar-refractivity contribution < 1.29 is 233 Å². The van der Waals surface area contributed by atoms with Crippen LogP contribution < -0.4 is 16.0 Å². The number of hydrogen-bond donors (Lipinski definition) is 30. The highest BCUT2D eigenvalue weighted by Gasteiger charge is 2.62. The Morgan fingerprint density at radius 3 is 1.36 bits per heavy atom. The number of carboxylic acid groups (broad SMARTS) is 1. The fourth-order valence-corrected chi connectivity index (χ4v) is 14.1. The van der Waals surface area contributed by atoms with Crippen LogP contribution in [0.5, 0.6) is 0 Å². The Hall–Kier alpha value is -3.80. The van der Waals surface area contributed by atoms with Gasteiger partial charge in [0.25, 0.3) is 5.79 Å². The normalized spacial score (nSPS) is 46.3. The van der Waals surface area contributed by atoms with E-state index in [4.69, 9.17) is 75.8 Å². The van der Waals surface area contributed by atoms with E-state index in [9.17, 15) is 157 Å². The number of rotatable bonds is 33. The zero-order chi connectivity index (χ0) is 84.0. The number of hydrogen-bond acceptors (Lipinski definition) is 46. The average molecular weight is 1660 g/mol. The quantitative estimate of drug-likeness (QED) is 0.0290. The first-order valence-electron chi connectivity index (χ1n) is 35.9. The highest BCUT2D eigenvalue weighted by molar-refractivity contribution is 5.77. The van der Waals surface area contributed by atoms with Crippen LogP contribution in [-0.4, -0.2) is 490 Å². The van der Waals surface area contributed by atoms with E-state index in [0.29, 0.717) is 0 Å². The van der Waals surface area contributed by atoms with Crippen molar-refractivity contribution >= 4 is 23.7 Å². The molecule has 8 aliphatic heterocycles. The second-order valence-corrected chi connectivity index (χ2v) is 28.6. The minimum atomic E-state index is -3.07. The van der Waals surface area contributed by atoms with Gasteiger partial charge in [0.1, 0.15) is 201 Å². The fourth-order valence-electron chi connectivity index (χ4n) is 14.1. The number of aliphatic hydroxyl groups excluding tert-OH is 26. The summed E-state index contributed by atoms with van der Waals surface area (Å²) in [6.45, 7) is -4.44. The Kier molecular flexibility index (Phi) is 34.3. The van der Waals surface area contributed by atoms with Gasteiger partial charge in [-0.2, -0.15) is 0 Å². The minimum absolute atomic E-state index is 0.833. The molecule has 0 bridgehead atoms. The second kappa shape index (κ2) is 41.0. The summed E-state index contributed by atoms with van der Waals surface area (Å²) in [6, 6.07) is -5.75. The molecule has 0 radical (unpaired) electrons.